The summed E-state index contributed by atoms with van der Waals surface area (Å²) in [4.78, 5) is 4.53. The molecule has 0 aliphatic rings. The van der Waals surface area contributed by atoms with Gasteiger partial charge >= 0.3 is 0 Å². The van der Waals surface area contributed by atoms with Gasteiger partial charge in [0.05, 0.1) is 5.69 Å². The van der Waals surface area contributed by atoms with Crippen molar-refractivity contribution in [2.24, 2.45) is 5.92 Å². The first-order chi connectivity index (χ1) is 7.80. The molecule has 0 aliphatic carbocycles. The lowest BCUT2D eigenvalue weighted by Crippen LogP contribution is -2.14. The molecule has 1 heterocycles. The van der Waals surface area contributed by atoms with E-state index in [2.05, 4.69) is 35.5 Å². The first kappa shape index (κ1) is 13.0. The molecule has 0 bridgehead atoms. The van der Waals surface area contributed by atoms with Crippen LogP contribution in [0.1, 0.15) is 32.4 Å². The Kier molecular flexibility index (Phi) is 5.86. The van der Waals surface area contributed by atoms with Crippen LogP contribution >= 0.6 is 0 Å². The van der Waals surface area contributed by atoms with Crippen molar-refractivity contribution in [2.75, 3.05) is 18.9 Å². The maximum absolute atomic E-state index is 4.53. The number of nitrogens with zero attached hydrogens (tertiary/aromatic N) is 1. The van der Waals surface area contributed by atoms with E-state index in [0.29, 0.717) is 0 Å². The van der Waals surface area contributed by atoms with Crippen LogP contribution in [0.4, 0.5) is 5.82 Å². The minimum absolute atomic E-state index is 0.745. The van der Waals surface area contributed by atoms with Gasteiger partial charge in [0.25, 0.3) is 0 Å². The van der Waals surface area contributed by atoms with E-state index < -0.39 is 0 Å². The predicted molar refractivity (Wildman–Crippen MR) is 69.6 cm³/mol. The van der Waals surface area contributed by atoms with Crippen molar-refractivity contribution >= 4 is 5.82 Å². The van der Waals surface area contributed by atoms with E-state index in [1.807, 2.05) is 19.2 Å². The summed E-state index contributed by atoms with van der Waals surface area (Å²) in [6, 6.07) is 6.12. The van der Waals surface area contributed by atoms with Crippen LogP contribution in [0.3, 0.4) is 0 Å². The van der Waals surface area contributed by atoms with Gasteiger partial charge in [0.1, 0.15) is 5.82 Å². The van der Waals surface area contributed by atoms with E-state index in [9.17, 15) is 0 Å². The van der Waals surface area contributed by atoms with Crippen LogP contribution in [0.15, 0.2) is 18.2 Å². The fourth-order valence-electron chi connectivity index (χ4n) is 1.68. The largest absolute Gasteiger partial charge is 0.370 e. The summed E-state index contributed by atoms with van der Waals surface area (Å²) in [6.45, 7) is 6.31. The molecule has 0 unspecified atom stereocenters. The first-order valence-corrected chi connectivity index (χ1v) is 6.14. The molecule has 0 amide bonds. The Morgan fingerprint density at radius 1 is 1.25 bits per heavy atom. The Hall–Kier alpha value is -1.09. The summed E-state index contributed by atoms with van der Waals surface area (Å²) in [6.07, 6.45) is 2.44. The lowest BCUT2D eigenvalue weighted by Gasteiger charge is -2.14. The molecule has 1 aromatic heterocycles. The fraction of sp³-hybridized carbons (Fsp3) is 0.615. The maximum Gasteiger partial charge on any atom is 0.126 e. The summed E-state index contributed by atoms with van der Waals surface area (Å²) in [7, 11) is 1.94. The molecule has 0 aromatic carbocycles. The zero-order chi connectivity index (χ0) is 11.8. The SMILES string of the molecule is CCC(CC)CNc1cccc(CNC)n1. The Labute approximate surface area is 98.7 Å². The number of hydrogen-bond donors (Lipinski definition) is 2. The molecule has 3 nitrogen and oxygen atoms in total. The van der Waals surface area contributed by atoms with Gasteiger partial charge in [0.15, 0.2) is 0 Å². The second kappa shape index (κ2) is 7.23. The Morgan fingerprint density at radius 2 is 2.00 bits per heavy atom. The quantitative estimate of drug-likeness (QED) is 0.743. The molecule has 0 saturated carbocycles. The van der Waals surface area contributed by atoms with Gasteiger partial charge in [-0.2, -0.15) is 0 Å². The highest BCUT2D eigenvalue weighted by molar-refractivity contribution is 5.35. The second-order valence-electron chi connectivity index (χ2n) is 4.11. The molecule has 0 aliphatic heterocycles. The number of pyridine rings is 1. The Balaban J connectivity index is 2.49. The average Bonchev–Trinajstić information content (AvgIpc) is 2.31. The molecule has 3 heteroatoms. The van der Waals surface area contributed by atoms with Crippen molar-refractivity contribution in [1.29, 1.82) is 0 Å². The summed E-state index contributed by atoms with van der Waals surface area (Å²) >= 11 is 0. The highest BCUT2D eigenvalue weighted by atomic mass is 15.0. The summed E-state index contributed by atoms with van der Waals surface area (Å²) < 4.78 is 0. The van der Waals surface area contributed by atoms with E-state index in [1.165, 1.54) is 12.8 Å². The van der Waals surface area contributed by atoms with Crippen LogP contribution in [0.2, 0.25) is 0 Å². The third kappa shape index (κ3) is 4.19. The average molecular weight is 221 g/mol. The van der Waals surface area contributed by atoms with Gasteiger partial charge in [-0.25, -0.2) is 4.98 Å². The number of aromatic nitrogens is 1. The summed E-state index contributed by atoms with van der Waals surface area (Å²) in [5.74, 6) is 1.73. The minimum Gasteiger partial charge on any atom is -0.370 e. The summed E-state index contributed by atoms with van der Waals surface area (Å²) in [5.41, 5.74) is 1.08. The van der Waals surface area contributed by atoms with Gasteiger partial charge < -0.3 is 10.6 Å². The van der Waals surface area contributed by atoms with E-state index in [4.69, 9.17) is 0 Å². The van der Waals surface area contributed by atoms with Crippen molar-refractivity contribution < 1.29 is 0 Å². The molecule has 0 fully saturated rings. The molecule has 90 valence electrons. The normalized spacial score (nSPS) is 10.8. The highest BCUT2D eigenvalue weighted by Crippen LogP contribution is 2.10. The third-order valence-electron chi connectivity index (χ3n) is 2.89. The van der Waals surface area contributed by atoms with Crippen LogP contribution in [0.25, 0.3) is 0 Å². The summed E-state index contributed by atoms with van der Waals surface area (Å²) in [5, 5.41) is 6.51. The predicted octanol–water partition coefficient (Wildman–Crippen LogP) is 2.65. The number of anilines is 1. The maximum atomic E-state index is 4.53. The van der Waals surface area contributed by atoms with Crippen LogP contribution in [0.5, 0.6) is 0 Å². The topological polar surface area (TPSA) is 37.0 Å². The van der Waals surface area contributed by atoms with Crippen LogP contribution in [-0.4, -0.2) is 18.6 Å². The molecule has 1 aromatic rings. The molecule has 0 saturated heterocycles. The third-order valence-corrected chi connectivity index (χ3v) is 2.89. The van der Waals surface area contributed by atoms with Crippen molar-refractivity contribution in [3.05, 3.63) is 23.9 Å². The van der Waals surface area contributed by atoms with Gasteiger partial charge in [-0.15, -0.1) is 0 Å². The fourth-order valence-corrected chi connectivity index (χ4v) is 1.68. The molecule has 1 rings (SSSR count). The number of nitrogens with one attached hydrogen (secondary N) is 2. The van der Waals surface area contributed by atoms with Gasteiger partial charge in [0, 0.05) is 13.1 Å². The smallest absolute Gasteiger partial charge is 0.126 e. The zero-order valence-corrected chi connectivity index (χ0v) is 10.6. The van der Waals surface area contributed by atoms with Gasteiger partial charge in [-0.1, -0.05) is 32.8 Å². The van der Waals surface area contributed by atoms with E-state index in [0.717, 1.165) is 30.5 Å². The lowest BCUT2D eigenvalue weighted by atomic mass is 10.0. The zero-order valence-electron chi connectivity index (χ0n) is 10.6. The molecular formula is C13H23N3. The van der Waals surface area contributed by atoms with Gasteiger partial charge in [0.2, 0.25) is 0 Å². The van der Waals surface area contributed by atoms with Crippen LogP contribution < -0.4 is 10.6 Å². The van der Waals surface area contributed by atoms with Crippen LogP contribution in [-0.2, 0) is 6.54 Å². The van der Waals surface area contributed by atoms with E-state index in [1.54, 1.807) is 0 Å². The highest BCUT2D eigenvalue weighted by Gasteiger charge is 2.03. The minimum atomic E-state index is 0.745. The monoisotopic (exact) mass is 221 g/mol. The number of hydrogen-bond acceptors (Lipinski definition) is 3. The van der Waals surface area contributed by atoms with Crippen molar-refractivity contribution in [3.8, 4) is 0 Å². The molecule has 0 radical (unpaired) electrons. The lowest BCUT2D eigenvalue weighted by molar-refractivity contribution is 0.518. The van der Waals surface area contributed by atoms with Crippen LogP contribution in [0, 0.1) is 5.92 Å². The number of rotatable bonds is 7. The molecular weight excluding hydrogens is 198 g/mol. The second-order valence-corrected chi connectivity index (χ2v) is 4.11. The van der Waals surface area contributed by atoms with Crippen molar-refractivity contribution in [1.82, 2.24) is 10.3 Å². The Morgan fingerprint density at radius 3 is 2.62 bits per heavy atom. The first-order valence-electron chi connectivity index (χ1n) is 6.14. The van der Waals surface area contributed by atoms with Crippen molar-refractivity contribution in [2.45, 2.75) is 33.2 Å². The molecule has 2 N–H and O–H groups in total. The van der Waals surface area contributed by atoms with Gasteiger partial charge in [-0.3, -0.25) is 0 Å². The van der Waals surface area contributed by atoms with E-state index in [-0.39, 0.29) is 0 Å². The van der Waals surface area contributed by atoms with Gasteiger partial charge in [-0.05, 0) is 25.1 Å². The standard InChI is InChI=1S/C13H23N3/c1-4-11(5-2)9-15-13-8-6-7-12(16-13)10-14-3/h6-8,11,14H,4-5,9-10H2,1-3H3,(H,15,16). The molecule has 16 heavy (non-hydrogen) atoms. The Bertz CT molecular complexity index is 295. The van der Waals surface area contributed by atoms with Crippen molar-refractivity contribution in [3.63, 3.8) is 0 Å². The molecule has 0 spiro atoms. The molecule has 0 atom stereocenters. The van der Waals surface area contributed by atoms with E-state index >= 15 is 0 Å².